The SMILES string of the molecule is CC1(C)CN=C2[C@@H](O)c3cc(S(=O)(=O)N4CCC[C@H]4COc4ccccc4)ccc3N2C1. The van der Waals surface area contributed by atoms with Crippen LogP contribution in [0.3, 0.4) is 0 Å². The molecule has 3 aliphatic rings. The van der Waals surface area contributed by atoms with Crippen molar-refractivity contribution >= 4 is 21.5 Å². The highest BCUT2D eigenvalue weighted by molar-refractivity contribution is 7.89. The lowest BCUT2D eigenvalue weighted by Crippen LogP contribution is -2.43. The predicted molar refractivity (Wildman–Crippen MR) is 124 cm³/mol. The molecular weight excluding hydrogens is 426 g/mol. The molecule has 0 bridgehead atoms. The van der Waals surface area contributed by atoms with Gasteiger partial charge in [0.1, 0.15) is 24.3 Å². The van der Waals surface area contributed by atoms with Crippen molar-refractivity contribution in [2.45, 2.75) is 43.7 Å². The predicted octanol–water partition coefficient (Wildman–Crippen LogP) is 3.21. The molecule has 8 heteroatoms. The number of aliphatic hydroxyl groups is 1. The van der Waals surface area contributed by atoms with Gasteiger partial charge in [0, 0.05) is 36.3 Å². The molecular formula is C24H29N3O4S. The van der Waals surface area contributed by atoms with Gasteiger partial charge in [-0.3, -0.25) is 4.99 Å². The van der Waals surface area contributed by atoms with Crippen LogP contribution in [0.25, 0.3) is 0 Å². The van der Waals surface area contributed by atoms with Crippen molar-refractivity contribution in [3.8, 4) is 5.75 Å². The minimum atomic E-state index is -3.71. The average molecular weight is 456 g/mol. The molecule has 1 saturated heterocycles. The number of fused-ring (bicyclic) bond motifs is 3. The Morgan fingerprint density at radius 3 is 2.75 bits per heavy atom. The highest BCUT2D eigenvalue weighted by Crippen LogP contribution is 2.42. The normalized spacial score (nSPS) is 24.7. The second kappa shape index (κ2) is 7.86. The Morgan fingerprint density at radius 1 is 1.19 bits per heavy atom. The van der Waals surface area contributed by atoms with Crippen LogP contribution >= 0.6 is 0 Å². The summed E-state index contributed by atoms with van der Waals surface area (Å²) >= 11 is 0. The molecule has 0 amide bonds. The Labute approximate surface area is 189 Å². The number of aliphatic hydroxyl groups excluding tert-OH is 1. The van der Waals surface area contributed by atoms with E-state index in [0.29, 0.717) is 31.1 Å². The number of anilines is 1. The lowest BCUT2D eigenvalue weighted by Gasteiger charge is -2.35. The third kappa shape index (κ3) is 3.70. The molecule has 1 fully saturated rings. The smallest absolute Gasteiger partial charge is 0.243 e. The van der Waals surface area contributed by atoms with Gasteiger partial charge in [0.2, 0.25) is 10.0 Å². The van der Waals surface area contributed by atoms with E-state index in [9.17, 15) is 13.5 Å². The number of hydrogen-bond donors (Lipinski definition) is 1. The van der Waals surface area contributed by atoms with E-state index in [1.165, 1.54) is 0 Å². The minimum Gasteiger partial charge on any atom is -0.492 e. The van der Waals surface area contributed by atoms with Gasteiger partial charge in [-0.2, -0.15) is 4.31 Å². The number of para-hydroxylation sites is 1. The second-order valence-corrected chi connectivity index (χ2v) is 11.5. The van der Waals surface area contributed by atoms with E-state index in [4.69, 9.17) is 4.74 Å². The van der Waals surface area contributed by atoms with Crippen LogP contribution in [-0.2, 0) is 10.0 Å². The zero-order valence-electron chi connectivity index (χ0n) is 18.4. The van der Waals surface area contributed by atoms with Gasteiger partial charge in [0.05, 0.1) is 10.9 Å². The second-order valence-electron chi connectivity index (χ2n) is 9.58. The summed E-state index contributed by atoms with van der Waals surface area (Å²) in [5.74, 6) is 1.35. The van der Waals surface area contributed by atoms with Crippen molar-refractivity contribution in [1.82, 2.24) is 4.31 Å². The molecule has 170 valence electrons. The zero-order chi connectivity index (χ0) is 22.5. The topological polar surface area (TPSA) is 82.4 Å². The van der Waals surface area contributed by atoms with E-state index in [0.717, 1.165) is 30.8 Å². The molecule has 0 aliphatic carbocycles. The highest BCUT2D eigenvalue weighted by atomic mass is 32.2. The number of sulfonamides is 1. The summed E-state index contributed by atoms with van der Waals surface area (Å²) < 4.78 is 34.5. The summed E-state index contributed by atoms with van der Waals surface area (Å²) in [6.07, 6.45) is 0.668. The molecule has 2 aromatic rings. The minimum absolute atomic E-state index is 0.00287. The van der Waals surface area contributed by atoms with Crippen LogP contribution in [0.1, 0.15) is 38.4 Å². The molecule has 32 heavy (non-hydrogen) atoms. The van der Waals surface area contributed by atoms with Crippen LogP contribution in [-0.4, -0.2) is 55.9 Å². The van der Waals surface area contributed by atoms with E-state index in [1.54, 1.807) is 22.5 Å². The molecule has 3 aliphatic heterocycles. The lowest BCUT2D eigenvalue weighted by atomic mass is 9.91. The number of amidine groups is 1. The summed E-state index contributed by atoms with van der Waals surface area (Å²) in [7, 11) is -3.71. The van der Waals surface area contributed by atoms with E-state index >= 15 is 0 Å². The first-order valence-corrected chi connectivity index (χ1v) is 12.5. The monoisotopic (exact) mass is 455 g/mol. The molecule has 2 aromatic carbocycles. The van der Waals surface area contributed by atoms with Crippen LogP contribution in [0.2, 0.25) is 0 Å². The number of nitrogens with zero attached hydrogens (tertiary/aromatic N) is 3. The molecule has 0 spiro atoms. The zero-order valence-corrected chi connectivity index (χ0v) is 19.3. The highest BCUT2D eigenvalue weighted by Gasteiger charge is 2.42. The number of aliphatic imine (C=N–C) groups is 1. The van der Waals surface area contributed by atoms with E-state index < -0.39 is 16.1 Å². The fraction of sp³-hybridized carbons (Fsp3) is 0.458. The lowest BCUT2D eigenvalue weighted by molar-refractivity contribution is 0.232. The number of hydrogen-bond acceptors (Lipinski definition) is 6. The van der Waals surface area contributed by atoms with E-state index in [2.05, 4.69) is 18.8 Å². The van der Waals surface area contributed by atoms with Gasteiger partial charge in [0.25, 0.3) is 0 Å². The Morgan fingerprint density at radius 2 is 1.97 bits per heavy atom. The van der Waals surface area contributed by atoms with Crippen molar-refractivity contribution in [1.29, 1.82) is 0 Å². The summed E-state index contributed by atoms with van der Waals surface area (Å²) in [6, 6.07) is 14.3. The average Bonchev–Trinajstić information content (AvgIpc) is 3.36. The fourth-order valence-corrected chi connectivity index (χ4v) is 6.53. The standard InChI is InChI=1S/C24H29N3O4S/c1-24(2)15-25-23-22(28)20-13-19(10-11-21(20)26(23)16-24)32(29,30)27-12-6-7-17(27)14-31-18-8-4-3-5-9-18/h3-5,8-11,13,17,22,28H,6-7,12,14-16H2,1-2H3/t17-,22-/m0/s1. The molecule has 0 unspecified atom stereocenters. The fourth-order valence-electron chi connectivity index (χ4n) is 4.82. The van der Waals surface area contributed by atoms with Crippen molar-refractivity contribution in [2.24, 2.45) is 10.4 Å². The van der Waals surface area contributed by atoms with Gasteiger partial charge >= 0.3 is 0 Å². The van der Waals surface area contributed by atoms with Crippen LogP contribution < -0.4 is 9.64 Å². The molecule has 0 aromatic heterocycles. The Hall–Kier alpha value is -2.42. The molecule has 1 N–H and O–H groups in total. The third-order valence-electron chi connectivity index (χ3n) is 6.48. The van der Waals surface area contributed by atoms with Gasteiger partial charge < -0.3 is 14.7 Å². The van der Waals surface area contributed by atoms with Crippen LogP contribution in [0.5, 0.6) is 5.75 Å². The molecule has 0 saturated carbocycles. The van der Waals surface area contributed by atoms with E-state index in [-0.39, 0.29) is 16.4 Å². The maximum Gasteiger partial charge on any atom is 0.243 e. The first kappa shape index (κ1) is 21.4. The molecule has 5 rings (SSSR count). The summed E-state index contributed by atoms with van der Waals surface area (Å²) in [4.78, 5) is 6.82. The maximum atomic E-state index is 13.5. The van der Waals surface area contributed by atoms with Crippen molar-refractivity contribution in [3.63, 3.8) is 0 Å². The summed E-state index contributed by atoms with van der Waals surface area (Å²) in [5, 5.41) is 10.9. The Balaban J connectivity index is 1.40. The van der Waals surface area contributed by atoms with Gasteiger partial charge in [0.15, 0.2) is 0 Å². The van der Waals surface area contributed by atoms with Crippen LogP contribution in [0.15, 0.2) is 58.4 Å². The largest absolute Gasteiger partial charge is 0.492 e. The third-order valence-corrected chi connectivity index (χ3v) is 8.42. The number of rotatable bonds is 5. The van der Waals surface area contributed by atoms with Crippen molar-refractivity contribution < 1.29 is 18.3 Å². The van der Waals surface area contributed by atoms with Crippen LogP contribution in [0.4, 0.5) is 5.69 Å². The van der Waals surface area contributed by atoms with Crippen molar-refractivity contribution in [3.05, 3.63) is 54.1 Å². The molecule has 2 atom stereocenters. The molecule has 0 radical (unpaired) electrons. The van der Waals surface area contributed by atoms with Gasteiger partial charge in [-0.05, 0) is 43.2 Å². The van der Waals surface area contributed by atoms with Crippen LogP contribution in [0, 0.1) is 5.41 Å². The number of benzene rings is 2. The quantitative estimate of drug-likeness (QED) is 0.749. The van der Waals surface area contributed by atoms with Gasteiger partial charge in [-0.25, -0.2) is 8.42 Å². The van der Waals surface area contributed by atoms with Gasteiger partial charge in [-0.15, -0.1) is 0 Å². The van der Waals surface area contributed by atoms with E-state index in [1.807, 2.05) is 35.2 Å². The molecule has 7 nitrogen and oxygen atoms in total. The molecule has 3 heterocycles. The maximum absolute atomic E-state index is 13.5. The Kier molecular flexibility index (Phi) is 5.27. The Bertz CT molecular complexity index is 1150. The first-order chi connectivity index (χ1) is 15.3. The number of ether oxygens (including phenoxy) is 1. The summed E-state index contributed by atoms with van der Waals surface area (Å²) in [6.45, 7) is 6.45. The summed E-state index contributed by atoms with van der Waals surface area (Å²) in [5.41, 5.74) is 1.45. The first-order valence-electron chi connectivity index (χ1n) is 11.1. The van der Waals surface area contributed by atoms with Gasteiger partial charge in [-0.1, -0.05) is 32.0 Å². The van der Waals surface area contributed by atoms with Crippen molar-refractivity contribution in [2.75, 3.05) is 31.1 Å².